The van der Waals surface area contributed by atoms with Crippen molar-refractivity contribution in [3.63, 3.8) is 0 Å². The molecule has 3 rings (SSSR count). The Morgan fingerprint density at radius 3 is 2.44 bits per heavy atom. The van der Waals surface area contributed by atoms with Crippen molar-refractivity contribution in [3.8, 4) is 17.7 Å². The molecule has 0 saturated carbocycles. The van der Waals surface area contributed by atoms with Gasteiger partial charge in [-0.15, -0.1) is 4.99 Å². The summed E-state index contributed by atoms with van der Waals surface area (Å²) >= 11 is 0. The third-order valence-corrected chi connectivity index (χ3v) is 3.93. The maximum Gasteiger partial charge on any atom is 0.308 e. The van der Waals surface area contributed by atoms with Crippen molar-refractivity contribution in [2.45, 2.75) is 0 Å². The van der Waals surface area contributed by atoms with E-state index < -0.39 is 0 Å². The Morgan fingerprint density at radius 2 is 1.84 bits per heavy atom. The quantitative estimate of drug-likeness (QED) is 0.485. The maximum atomic E-state index is 8.95. The van der Waals surface area contributed by atoms with E-state index in [0.717, 1.165) is 24.7 Å². The van der Waals surface area contributed by atoms with Crippen LogP contribution in [0, 0.1) is 11.5 Å². The first-order valence-electron chi connectivity index (χ1n) is 8.00. The van der Waals surface area contributed by atoms with Crippen molar-refractivity contribution in [1.82, 2.24) is 9.88 Å². The lowest BCUT2D eigenvalue weighted by atomic mass is 10.3. The largest absolute Gasteiger partial charge is 0.495 e. The summed E-state index contributed by atoms with van der Waals surface area (Å²) in [5.74, 6) is 2.31. The summed E-state index contributed by atoms with van der Waals surface area (Å²) in [5.41, 5.74) is 0. The van der Waals surface area contributed by atoms with Crippen LogP contribution in [0.5, 0.6) is 11.5 Å². The highest BCUT2D eigenvalue weighted by molar-refractivity contribution is 5.77. The fraction of sp³-hybridized carbons (Fsp3) is 0.278. The summed E-state index contributed by atoms with van der Waals surface area (Å²) in [4.78, 5) is 12.4. The lowest BCUT2D eigenvalue weighted by Gasteiger charge is -2.36. The molecular formula is C18H19N5O2. The molecule has 1 aliphatic rings. The number of piperazine rings is 1. The van der Waals surface area contributed by atoms with Crippen LogP contribution in [0.25, 0.3) is 0 Å². The van der Waals surface area contributed by atoms with Crippen molar-refractivity contribution in [2.75, 3.05) is 38.2 Å². The summed E-state index contributed by atoms with van der Waals surface area (Å²) in [6.07, 6.45) is 3.53. The number of ether oxygens (including phenoxy) is 2. The number of rotatable bonds is 3. The van der Waals surface area contributed by atoms with Gasteiger partial charge in [0, 0.05) is 26.2 Å². The molecule has 7 heteroatoms. The van der Waals surface area contributed by atoms with Gasteiger partial charge < -0.3 is 19.3 Å². The van der Waals surface area contributed by atoms with Gasteiger partial charge in [-0.2, -0.15) is 5.26 Å². The van der Waals surface area contributed by atoms with E-state index in [2.05, 4.69) is 14.9 Å². The van der Waals surface area contributed by atoms with Gasteiger partial charge in [-0.3, -0.25) is 0 Å². The zero-order chi connectivity index (χ0) is 17.5. The van der Waals surface area contributed by atoms with E-state index in [9.17, 15) is 0 Å². The molecule has 0 aliphatic carbocycles. The second-order valence-electron chi connectivity index (χ2n) is 5.44. The predicted molar refractivity (Wildman–Crippen MR) is 94.7 cm³/mol. The number of nitriles is 1. The number of hydrogen-bond donors (Lipinski definition) is 0. The van der Waals surface area contributed by atoms with Gasteiger partial charge in [0.25, 0.3) is 0 Å². The predicted octanol–water partition coefficient (Wildman–Crippen LogP) is 2.13. The number of para-hydroxylation sites is 1. The van der Waals surface area contributed by atoms with E-state index in [1.807, 2.05) is 53.6 Å². The van der Waals surface area contributed by atoms with Crippen LogP contribution in [0.4, 0.5) is 5.82 Å². The number of benzene rings is 1. The van der Waals surface area contributed by atoms with Gasteiger partial charge in [0.15, 0.2) is 0 Å². The van der Waals surface area contributed by atoms with E-state index in [-0.39, 0.29) is 0 Å². The molecule has 0 radical (unpaired) electrons. The van der Waals surface area contributed by atoms with Crippen LogP contribution < -0.4 is 14.4 Å². The molecule has 1 aromatic carbocycles. The summed E-state index contributed by atoms with van der Waals surface area (Å²) < 4.78 is 10.9. The van der Waals surface area contributed by atoms with Crippen molar-refractivity contribution >= 4 is 11.8 Å². The fourth-order valence-corrected chi connectivity index (χ4v) is 2.60. The second-order valence-corrected chi connectivity index (χ2v) is 5.44. The molecule has 1 aliphatic heterocycles. The Labute approximate surface area is 146 Å². The Bertz CT molecular complexity index is 747. The molecule has 1 fully saturated rings. The third kappa shape index (κ3) is 4.18. The van der Waals surface area contributed by atoms with E-state index in [1.165, 1.54) is 0 Å². The number of pyridine rings is 1. The highest BCUT2D eigenvalue weighted by atomic mass is 16.5. The van der Waals surface area contributed by atoms with Crippen LogP contribution in [0.1, 0.15) is 0 Å². The minimum absolute atomic E-state index is 0.330. The van der Waals surface area contributed by atoms with Gasteiger partial charge in [0.05, 0.1) is 13.3 Å². The van der Waals surface area contributed by atoms with Crippen molar-refractivity contribution in [2.24, 2.45) is 4.99 Å². The number of methoxy groups -OCH3 is 1. The van der Waals surface area contributed by atoms with Gasteiger partial charge in [-0.05, 0) is 24.3 Å². The summed E-state index contributed by atoms with van der Waals surface area (Å²) in [6.45, 7) is 2.92. The molecule has 1 saturated heterocycles. The normalized spacial score (nSPS) is 14.8. The Hall–Kier alpha value is -3.27. The van der Waals surface area contributed by atoms with Crippen molar-refractivity contribution in [1.29, 1.82) is 5.26 Å². The third-order valence-electron chi connectivity index (χ3n) is 3.93. The number of hydrogen-bond acceptors (Lipinski definition) is 6. The van der Waals surface area contributed by atoms with E-state index >= 15 is 0 Å². The van der Waals surface area contributed by atoms with Crippen LogP contribution >= 0.6 is 0 Å². The molecule has 2 aromatic rings. The minimum atomic E-state index is 0.330. The highest BCUT2D eigenvalue weighted by Gasteiger charge is 2.22. The standard InChI is InChI=1S/C18H19N5O2/c1-24-16-7-8-17(20-13-16)22-9-11-23(12-10-22)18(21-14-19)25-15-5-3-2-4-6-15/h2-8,13H,9-12H2,1H3. The van der Waals surface area contributed by atoms with Crippen LogP contribution in [-0.2, 0) is 0 Å². The van der Waals surface area contributed by atoms with Gasteiger partial charge >= 0.3 is 6.02 Å². The Balaban J connectivity index is 1.63. The van der Waals surface area contributed by atoms with E-state index in [4.69, 9.17) is 14.7 Å². The summed E-state index contributed by atoms with van der Waals surface area (Å²) in [6, 6.07) is 13.5. The molecular weight excluding hydrogens is 318 g/mol. The zero-order valence-corrected chi connectivity index (χ0v) is 14.0. The maximum absolute atomic E-state index is 8.95. The first kappa shape index (κ1) is 16.6. The molecule has 7 nitrogen and oxygen atoms in total. The van der Waals surface area contributed by atoms with Gasteiger partial charge in [-0.25, -0.2) is 4.98 Å². The topological polar surface area (TPSA) is 74.0 Å². The monoisotopic (exact) mass is 337 g/mol. The van der Waals surface area contributed by atoms with Crippen LogP contribution in [0.3, 0.4) is 0 Å². The lowest BCUT2D eigenvalue weighted by Crippen LogP contribution is -2.50. The Kier molecular flexibility index (Phi) is 5.32. The van der Waals surface area contributed by atoms with Crippen molar-refractivity contribution in [3.05, 3.63) is 48.7 Å². The van der Waals surface area contributed by atoms with Crippen LogP contribution in [0.15, 0.2) is 53.7 Å². The molecule has 2 heterocycles. The summed E-state index contributed by atoms with van der Waals surface area (Å²) in [5, 5.41) is 8.95. The molecule has 1 aromatic heterocycles. The lowest BCUT2D eigenvalue weighted by molar-refractivity contribution is 0.320. The van der Waals surface area contributed by atoms with Crippen LogP contribution in [-0.4, -0.2) is 49.2 Å². The molecule has 25 heavy (non-hydrogen) atoms. The van der Waals surface area contributed by atoms with Gasteiger partial charge in [-0.1, -0.05) is 18.2 Å². The molecule has 0 atom stereocenters. The molecule has 128 valence electrons. The minimum Gasteiger partial charge on any atom is -0.495 e. The number of anilines is 1. The average Bonchev–Trinajstić information content (AvgIpc) is 2.69. The number of aliphatic imine (C=N–C) groups is 1. The highest BCUT2D eigenvalue weighted by Crippen LogP contribution is 2.18. The van der Waals surface area contributed by atoms with Gasteiger partial charge in [0.2, 0.25) is 6.19 Å². The molecule has 0 bridgehead atoms. The molecule has 0 spiro atoms. The smallest absolute Gasteiger partial charge is 0.308 e. The SMILES string of the molecule is COc1ccc(N2CCN(C(=NC#N)Oc3ccccc3)CC2)nc1. The van der Waals surface area contributed by atoms with Crippen LogP contribution in [0.2, 0.25) is 0 Å². The summed E-state index contributed by atoms with van der Waals surface area (Å²) in [7, 11) is 1.62. The molecule has 0 N–H and O–H groups in total. The van der Waals surface area contributed by atoms with Crippen molar-refractivity contribution < 1.29 is 9.47 Å². The first-order chi connectivity index (χ1) is 12.3. The molecule has 0 amide bonds. The van der Waals surface area contributed by atoms with Gasteiger partial charge in [0.1, 0.15) is 17.3 Å². The Morgan fingerprint density at radius 1 is 1.08 bits per heavy atom. The second kappa shape index (κ2) is 8.02. The first-order valence-corrected chi connectivity index (χ1v) is 8.00. The number of aromatic nitrogens is 1. The van der Waals surface area contributed by atoms with E-state index in [1.54, 1.807) is 13.3 Å². The zero-order valence-electron chi connectivity index (χ0n) is 14.0. The molecule has 0 unspecified atom stereocenters. The van der Waals surface area contributed by atoms with E-state index in [0.29, 0.717) is 24.9 Å². The number of amidine groups is 1. The average molecular weight is 337 g/mol. The number of nitrogens with zero attached hydrogens (tertiary/aromatic N) is 5. The fourth-order valence-electron chi connectivity index (χ4n) is 2.60.